The average Bonchev–Trinajstić information content (AvgIpc) is 3.20. The van der Waals surface area contributed by atoms with E-state index in [-0.39, 0.29) is 23.0 Å². The van der Waals surface area contributed by atoms with Crippen LogP contribution in [-0.2, 0) is 22.8 Å². The second-order valence-electron chi connectivity index (χ2n) is 7.72. The maximum Gasteiger partial charge on any atom is 0.156 e. The third-order valence-corrected chi connectivity index (χ3v) is 8.36. The van der Waals surface area contributed by atoms with Crippen molar-refractivity contribution in [1.82, 2.24) is 4.90 Å². The summed E-state index contributed by atoms with van der Waals surface area (Å²) >= 11 is 0. The molecule has 4 nitrogen and oxygen atoms in total. The smallest absolute Gasteiger partial charge is 0.156 e. The van der Waals surface area contributed by atoms with E-state index in [0.717, 1.165) is 19.5 Å². The Balaban J connectivity index is 1.36. The summed E-state index contributed by atoms with van der Waals surface area (Å²) in [5.74, 6) is 0.261. The highest BCUT2D eigenvalue weighted by molar-refractivity contribution is 7.92. The predicted molar refractivity (Wildman–Crippen MR) is 99.0 cm³/mol. The minimum atomic E-state index is -3.01. The first kappa shape index (κ1) is 15.6. The van der Waals surface area contributed by atoms with E-state index in [9.17, 15) is 8.42 Å². The Morgan fingerprint density at radius 1 is 1.04 bits per heavy atom. The Kier molecular flexibility index (Phi) is 3.36. The van der Waals surface area contributed by atoms with Crippen molar-refractivity contribution in [1.29, 1.82) is 0 Å². The van der Waals surface area contributed by atoms with Gasteiger partial charge in [-0.1, -0.05) is 42.5 Å². The Morgan fingerprint density at radius 2 is 1.84 bits per heavy atom. The molecule has 25 heavy (non-hydrogen) atoms. The van der Waals surface area contributed by atoms with Crippen LogP contribution in [0.4, 0.5) is 0 Å². The number of likely N-dealkylation sites (tertiary alicyclic amines) is 1. The molecular weight excluding hydrogens is 332 g/mol. The molecular formula is C20H22N2O2S. The van der Waals surface area contributed by atoms with Gasteiger partial charge in [0.15, 0.2) is 9.84 Å². The largest absolute Gasteiger partial charge is 0.326 e. The van der Waals surface area contributed by atoms with Crippen molar-refractivity contribution < 1.29 is 8.42 Å². The summed E-state index contributed by atoms with van der Waals surface area (Å²) in [4.78, 5) is 2.26. The summed E-state index contributed by atoms with van der Waals surface area (Å²) in [7, 11) is -3.01. The van der Waals surface area contributed by atoms with Crippen molar-refractivity contribution in [2.75, 3.05) is 18.8 Å². The normalized spacial score (nSPS) is 29.4. The van der Waals surface area contributed by atoms with Crippen LogP contribution in [0.1, 0.15) is 16.7 Å². The molecule has 0 unspecified atom stereocenters. The molecule has 3 atom stereocenters. The summed E-state index contributed by atoms with van der Waals surface area (Å²) in [6.07, 6.45) is 0.990. The van der Waals surface area contributed by atoms with E-state index in [2.05, 4.69) is 47.4 Å². The molecule has 2 fully saturated rings. The summed E-state index contributed by atoms with van der Waals surface area (Å²) in [6, 6.07) is 15.1. The lowest BCUT2D eigenvalue weighted by Crippen LogP contribution is -2.33. The van der Waals surface area contributed by atoms with Crippen molar-refractivity contribution in [3.05, 3.63) is 59.2 Å². The molecule has 130 valence electrons. The highest BCUT2D eigenvalue weighted by atomic mass is 32.2. The molecule has 0 spiro atoms. The van der Waals surface area contributed by atoms with Crippen molar-refractivity contribution in [2.24, 2.45) is 11.7 Å². The van der Waals surface area contributed by atoms with Gasteiger partial charge in [-0.05, 0) is 34.2 Å². The van der Waals surface area contributed by atoms with Gasteiger partial charge in [0.2, 0.25) is 0 Å². The molecule has 5 rings (SSSR count). The van der Waals surface area contributed by atoms with Crippen LogP contribution >= 0.6 is 0 Å². The van der Waals surface area contributed by atoms with Gasteiger partial charge in [0.05, 0.1) is 11.0 Å². The molecule has 0 bridgehead atoms. The van der Waals surface area contributed by atoms with E-state index in [0.29, 0.717) is 6.54 Å². The van der Waals surface area contributed by atoms with Crippen molar-refractivity contribution >= 4 is 9.84 Å². The van der Waals surface area contributed by atoms with E-state index in [4.69, 9.17) is 5.73 Å². The van der Waals surface area contributed by atoms with Gasteiger partial charge in [-0.15, -0.1) is 0 Å². The standard InChI is InChI=1S/C20H22N2O2S/c21-19-12-25(23,24)20-11-22(10-18(19)20)9-13-5-6-17-15(7-13)8-14-3-1-2-4-16(14)17/h1-7,18-20H,8-12,21H2/t18-,19+,20-/m0/s1. The third-order valence-electron chi connectivity index (χ3n) is 6.08. The number of hydrogen-bond donors (Lipinski definition) is 1. The highest BCUT2D eigenvalue weighted by Crippen LogP contribution is 2.38. The Bertz CT molecular complexity index is 954. The molecule has 2 aromatic rings. The van der Waals surface area contributed by atoms with Crippen LogP contribution in [0.2, 0.25) is 0 Å². The van der Waals surface area contributed by atoms with Gasteiger partial charge < -0.3 is 5.73 Å². The molecule has 2 heterocycles. The molecule has 2 aliphatic heterocycles. The topological polar surface area (TPSA) is 63.4 Å². The second kappa shape index (κ2) is 5.40. The maximum absolute atomic E-state index is 12.2. The SMILES string of the molecule is N[C@@H]1CS(=O)(=O)[C@H]2CN(Cc3ccc4c(c3)Cc3ccccc3-4)C[C@@H]12. The van der Waals surface area contributed by atoms with Crippen LogP contribution in [0.3, 0.4) is 0 Å². The number of sulfone groups is 1. The lowest BCUT2D eigenvalue weighted by Gasteiger charge is -2.18. The van der Waals surface area contributed by atoms with Crippen LogP contribution < -0.4 is 5.73 Å². The summed E-state index contributed by atoms with van der Waals surface area (Å²) < 4.78 is 24.4. The Morgan fingerprint density at radius 3 is 2.68 bits per heavy atom. The van der Waals surface area contributed by atoms with Crippen LogP contribution in [0.25, 0.3) is 11.1 Å². The van der Waals surface area contributed by atoms with Crippen molar-refractivity contribution in [3.8, 4) is 11.1 Å². The Hall–Kier alpha value is -1.69. The zero-order chi connectivity index (χ0) is 17.2. The number of hydrogen-bond acceptors (Lipinski definition) is 4. The zero-order valence-electron chi connectivity index (χ0n) is 14.1. The molecule has 2 aromatic carbocycles. The average molecular weight is 354 g/mol. The lowest BCUT2D eigenvalue weighted by atomic mass is 10.0. The van der Waals surface area contributed by atoms with E-state index in [1.165, 1.54) is 27.8 Å². The first-order valence-corrected chi connectivity index (χ1v) is 10.6. The number of nitrogens with two attached hydrogens (primary N) is 1. The van der Waals surface area contributed by atoms with Gasteiger partial charge in [-0.3, -0.25) is 4.90 Å². The van der Waals surface area contributed by atoms with Gasteiger partial charge in [-0.25, -0.2) is 8.42 Å². The van der Waals surface area contributed by atoms with E-state index >= 15 is 0 Å². The molecule has 0 amide bonds. The van der Waals surface area contributed by atoms with Crippen molar-refractivity contribution in [3.63, 3.8) is 0 Å². The zero-order valence-corrected chi connectivity index (χ0v) is 14.9. The van der Waals surface area contributed by atoms with Crippen LogP contribution in [-0.4, -0.2) is 43.5 Å². The van der Waals surface area contributed by atoms with Gasteiger partial charge in [0.1, 0.15) is 0 Å². The molecule has 3 aliphatic rings. The van der Waals surface area contributed by atoms with E-state index < -0.39 is 9.84 Å². The van der Waals surface area contributed by atoms with Gasteiger partial charge in [-0.2, -0.15) is 0 Å². The van der Waals surface area contributed by atoms with E-state index in [1.54, 1.807) is 0 Å². The first-order chi connectivity index (χ1) is 12.0. The van der Waals surface area contributed by atoms with Crippen LogP contribution in [0, 0.1) is 5.92 Å². The lowest BCUT2D eigenvalue weighted by molar-refractivity contribution is 0.308. The number of rotatable bonds is 2. The van der Waals surface area contributed by atoms with Crippen LogP contribution in [0.5, 0.6) is 0 Å². The first-order valence-electron chi connectivity index (χ1n) is 8.91. The third kappa shape index (κ3) is 2.45. The minimum Gasteiger partial charge on any atom is -0.326 e. The van der Waals surface area contributed by atoms with Crippen LogP contribution in [0.15, 0.2) is 42.5 Å². The Labute approximate surface area is 148 Å². The fourth-order valence-corrected chi connectivity index (χ4v) is 7.16. The fourth-order valence-electron chi connectivity index (χ4n) is 4.87. The molecule has 2 saturated heterocycles. The summed E-state index contributed by atoms with van der Waals surface area (Å²) in [6.45, 7) is 2.22. The molecule has 0 aromatic heterocycles. The quantitative estimate of drug-likeness (QED) is 0.762. The molecule has 0 saturated carbocycles. The fraction of sp³-hybridized carbons (Fsp3) is 0.400. The van der Waals surface area contributed by atoms with Gasteiger partial charge >= 0.3 is 0 Å². The summed E-state index contributed by atoms with van der Waals surface area (Å²) in [5, 5.41) is -0.263. The molecule has 2 N–H and O–H groups in total. The predicted octanol–water partition coefficient (Wildman–Crippen LogP) is 1.81. The maximum atomic E-state index is 12.2. The number of nitrogens with zero attached hydrogens (tertiary/aromatic N) is 1. The summed E-state index contributed by atoms with van der Waals surface area (Å²) in [5.41, 5.74) is 12.8. The second-order valence-corrected chi connectivity index (χ2v) is 9.98. The molecule has 1 aliphatic carbocycles. The number of benzene rings is 2. The van der Waals surface area contributed by atoms with Gasteiger partial charge in [0.25, 0.3) is 0 Å². The molecule has 0 radical (unpaired) electrons. The van der Waals surface area contributed by atoms with E-state index in [1.807, 2.05) is 0 Å². The number of fused-ring (bicyclic) bond motifs is 4. The highest BCUT2D eigenvalue weighted by Gasteiger charge is 2.50. The minimum absolute atomic E-state index is 0.101. The van der Waals surface area contributed by atoms with Crippen molar-refractivity contribution in [2.45, 2.75) is 24.3 Å². The van der Waals surface area contributed by atoms with Gasteiger partial charge in [0, 0.05) is 31.6 Å². The monoisotopic (exact) mass is 354 g/mol. The molecule has 5 heteroatoms.